The Bertz CT molecular complexity index is 274. The first kappa shape index (κ1) is 13.8. The first-order chi connectivity index (χ1) is 9.34. The summed E-state index contributed by atoms with van der Waals surface area (Å²) in [5, 5.41) is 17.5. The van der Waals surface area contributed by atoms with Crippen molar-refractivity contribution < 1.29 is 5.11 Å². The van der Waals surface area contributed by atoms with Crippen LogP contribution in [0.25, 0.3) is 0 Å². The smallest absolute Gasteiger partial charge is 0.0692 e. The van der Waals surface area contributed by atoms with Gasteiger partial charge in [-0.05, 0) is 56.9 Å². The average molecular weight is 266 g/mol. The number of hydrogen-bond acceptors (Lipinski definition) is 3. The zero-order valence-electron chi connectivity index (χ0n) is 12.1. The lowest BCUT2D eigenvalue weighted by molar-refractivity contribution is 0.123. The summed E-state index contributed by atoms with van der Waals surface area (Å²) in [5.41, 5.74) is 0. The molecule has 110 valence electrons. The minimum absolute atomic E-state index is 0.0955. The minimum Gasteiger partial charge on any atom is -0.392 e. The third-order valence-electron chi connectivity index (χ3n) is 5.44. The largest absolute Gasteiger partial charge is 0.392 e. The second-order valence-corrected chi connectivity index (χ2v) is 6.92. The van der Waals surface area contributed by atoms with E-state index in [1.165, 1.54) is 64.3 Å². The second kappa shape index (κ2) is 6.55. The van der Waals surface area contributed by atoms with E-state index in [-0.39, 0.29) is 6.10 Å². The molecule has 1 heterocycles. The van der Waals surface area contributed by atoms with Gasteiger partial charge in [0, 0.05) is 18.6 Å². The number of hydrogen-bond donors (Lipinski definition) is 3. The fraction of sp³-hybridized carbons (Fsp3) is 1.00. The molecule has 3 rings (SSSR count). The van der Waals surface area contributed by atoms with Gasteiger partial charge in [-0.15, -0.1) is 0 Å². The molecule has 3 N–H and O–H groups in total. The number of aliphatic hydroxyl groups excluding tert-OH is 1. The predicted octanol–water partition coefficient (Wildman–Crippen LogP) is 2.05. The first-order valence-corrected chi connectivity index (χ1v) is 8.49. The van der Waals surface area contributed by atoms with Crippen molar-refractivity contribution in [3.8, 4) is 0 Å². The molecule has 2 aliphatic carbocycles. The number of nitrogens with one attached hydrogen (secondary N) is 2. The molecule has 0 aromatic heterocycles. The Labute approximate surface area is 117 Å². The monoisotopic (exact) mass is 266 g/mol. The van der Waals surface area contributed by atoms with Gasteiger partial charge in [0.2, 0.25) is 0 Å². The van der Waals surface area contributed by atoms with E-state index in [0.29, 0.717) is 12.0 Å². The Balaban J connectivity index is 1.50. The van der Waals surface area contributed by atoms with Gasteiger partial charge in [0.1, 0.15) is 0 Å². The van der Waals surface area contributed by atoms with Crippen molar-refractivity contribution in [3.63, 3.8) is 0 Å². The molecular formula is C16H30N2O. The van der Waals surface area contributed by atoms with Crippen molar-refractivity contribution in [1.29, 1.82) is 0 Å². The Morgan fingerprint density at radius 1 is 1.00 bits per heavy atom. The maximum atomic E-state index is 10.0. The molecule has 0 radical (unpaired) electrons. The molecule has 3 fully saturated rings. The summed E-state index contributed by atoms with van der Waals surface area (Å²) in [6.07, 6.45) is 11.9. The molecule has 1 saturated heterocycles. The van der Waals surface area contributed by atoms with Gasteiger partial charge < -0.3 is 15.7 Å². The quantitative estimate of drug-likeness (QED) is 0.713. The summed E-state index contributed by atoms with van der Waals surface area (Å²) in [4.78, 5) is 0. The molecule has 3 nitrogen and oxygen atoms in total. The zero-order valence-corrected chi connectivity index (χ0v) is 12.1. The fourth-order valence-corrected chi connectivity index (χ4v) is 4.06. The Hall–Kier alpha value is -0.120. The van der Waals surface area contributed by atoms with E-state index in [4.69, 9.17) is 0 Å². The highest BCUT2D eigenvalue weighted by Crippen LogP contribution is 2.33. The molecule has 4 unspecified atom stereocenters. The highest BCUT2D eigenvalue weighted by Gasteiger charge is 2.34. The number of piperidine rings is 1. The summed E-state index contributed by atoms with van der Waals surface area (Å²) in [6, 6.07) is 1.36. The maximum Gasteiger partial charge on any atom is 0.0692 e. The van der Waals surface area contributed by atoms with Crippen molar-refractivity contribution in [2.45, 2.75) is 76.0 Å². The van der Waals surface area contributed by atoms with Crippen LogP contribution in [0.4, 0.5) is 0 Å². The van der Waals surface area contributed by atoms with Crippen LogP contribution < -0.4 is 10.6 Å². The lowest BCUT2D eigenvalue weighted by Gasteiger charge is -2.40. The van der Waals surface area contributed by atoms with Crippen molar-refractivity contribution >= 4 is 0 Å². The van der Waals surface area contributed by atoms with Crippen molar-refractivity contribution in [2.75, 3.05) is 13.1 Å². The van der Waals surface area contributed by atoms with Gasteiger partial charge in [0.05, 0.1) is 6.10 Å². The van der Waals surface area contributed by atoms with Crippen LogP contribution in [0.1, 0.15) is 57.8 Å². The Kier molecular flexibility index (Phi) is 4.78. The van der Waals surface area contributed by atoms with E-state index < -0.39 is 0 Å². The van der Waals surface area contributed by atoms with E-state index in [2.05, 4.69) is 10.6 Å². The molecule has 4 atom stereocenters. The van der Waals surface area contributed by atoms with E-state index in [9.17, 15) is 5.11 Å². The van der Waals surface area contributed by atoms with Gasteiger partial charge >= 0.3 is 0 Å². The third-order valence-corrected chi connectivity index (χ3v) is 5.44. The molecule has 1 aliphatic heterocycles. The molecule has 0 bridgehead atoms. The normalized spacial score (nSPS) is 38.1. The summed E-state index contributed by atoms with van der Waals surface area (Å²) in [5.74, 6) is 1.39. The summed E-state index contributed by atoms with van der Waals surface area (Å²) in [6.45, 7) is 2.02. The first-order valence-electron chi connectivity index (χ1n) is 8.49. The molecule has 0 spiro atoms. The highest BCUT2D eigenvalue weighted by molar-refractivity contribution is 4.92. The van der Waals surface area contributed by atoms with Gasteiger partial charge in [0.25, 0.3) is 0 Å². The van der Waals surface area contributed by atoms with Crippen molar-refractivity contribution in [1.82, 2.24) is 10.6 Å². The molecule has 0 amide bonds. The van der Waals surface area contributed by atoms with Crippen LogP contribution in [0.15, 0.2) is 0 Å². The summed E-state index contributed by atoms with van der Waals surface area (Å²) < 4.78 is 0. The van der Waals surface area contributed by atoms with Gasteiger partial charge in [0.15, 0.2) is 0 Å². The van der Waals surface area contributed by atoms with Crippen LogP contribution >= 0.6 is 0 Å². The van der Waals surface area contributed by atoms with Crippen LogP contribution in [-0.4, -0.2) is 36.4 Å². The van der Waals surface area contributed by atoms with Crippen LogP contribution in [0.2, 0.25) is 0 Å². The molecule has 19 heavy (non-hydrogen) atoms. The van der Waals surface area contributed by atoms with Gasteiger partial charge in [-0.1, -0.05) is 19.3 Å². The van der Waals surface area contributed by atoms with E-state index in [0.717, 1.165) is 18.5 Å². The highest BCUT2D eigenvalue weighted by atomic mass is 16.3. The summed E-state index contributed by atoms with van der Waals surface area (Å²) in [7, 11) is 0. The van der Waals surface area contributed by atoms with E-state index in [1.807, 2.05) is 0 Å². The van der Waals surface area contributed by atoms with Crippen LogP contribution in [0.3, 0.4) is 0 Å². The lowest BCUT2D eigenvalue weighted by Crippen LogP contribution is -2.51. The van der Waals surface area contributed by atoms with Crippen LogP contribution in [0, 0.1) is 11.8 Å². The number of rotatable bonds is 5. The van der Waals surface area contributed by atoms with E-state index >= 15 is 0 Å². The Morgan fingerprint density at radius 3 is 2.53 bits per heavy atom. The average Bonchev–Trinajstić information content (AvgIpc) is 3.31. The van der Waals surface area contributed by atoms with Gasteiger partial charge in [-0.25, -0.2) is 0 Å². The Morgan fingerprint density at radius 2 is 1.79 bits per heavy atom. The lowest BCUT2D eigenvalue weighted by atomic mass is 9.77. The SMILES string of the molecule is OC(CNC1CCCCC1C1CCCCN1)C1CC1. The molecule has 3 aliphatic rings. The topological polar surface area (TPSA) is 44.3 Å². The maximum absolute atomic E-state index is 10.0. The van der Waals surface area contributed by atoms with Crippen LogP contribution in [-0.2, 0) is 0 Å². The third kappa shape index (κ3) is 3.71. The number of aliphatic hydroxyl groups is 1. The van der Waals surface area contributed by atoms with Crippen LogP contribution in [0.5, 0.6) is 0 Å². The van der Waals surface area contributed by atoms with Gasteiger partial charge in [-0.3, -0.25) is 0 Å². The van der Waals surface area contributed by atoms with Gasteiger partial charge in [-0.2, -0.15) is 0 Å². The molecule has 0 aromatic carbocycles. The zero-order chi connectivity index (χ0) is 13.1. The van der Waals surface area contributed by atoms with Crippen molar-refractivity contribution in [3.05, 3.63) is 0 Å². The predicted molar refractivity (Wildman–Crippen MR) is 78.1 cm³/mol. The molecule has 0 aromatic rings. The minimum atomic E-state index is -0.0955. The summed E-state index contributed by atoms with van der Waals surface area (Å²) >= 11 is 0. The van der Waals surface area contributed by atoms with E-state index in [1.54, 1.807) is 0 Å². The molecular weight excluding hydrogens is 236 g/mol. The standard InChI is InChI=1S/C16H30N2O/c19-16(12-8-9-12)11-18-15-6-2-1-5-13(15)14-7-3-4-10-17-14/h12-19H,1-11H2. The van der Waals surface area contributed by atoms with Crippen molar-refractivity contribution in [2.24, 2.45) is 11.8 Å². The molecule has 3 heteroatoms. The second-order valence-electron chi connectivity index (χ2n) is 6.92. The fourth-order valence-electron chi connectivity index (χ4n) is 4.06. The molecule has 2 saturated carbocycles.